The molecule has 0 fully saturated rings. The molecule has 4 heteroatoms. The molecule has 1 rings (SSSR count). The van der Waals surface area contributed by atoms with Gasteiger partial charge in [-0.1, -0.05) is 18.2 Å². The molecule has 0 heterocycles. The van der Waals surface area contributed by atoms with Crippen LogP contribution in [-0.4, -0.2) is 18.1 Å². The molecule has 0 aliphatic carbocycles. The molecule has 1 atom stereocenters. The first-order valence-corrected chi connectivity index (χ1v) is 4.40. The lowest BCUT2D eigenvalue weighted by Gasteiger charge is -2.13. The van der Waals surface area contributed by atoms with E-state index in [-0.39, 0.29) is 18.7 Å². The molecular weight excluding hydrogens is 188 g/mol. The lowest BCUT2D eigenvalue weighted by atomic mass is 9.99. The van der Waals surface area contributed by atoms with Gasteiger partial charge in [-0.3, -0.25) is 0 Å². The minimum atomic E-state index is -2.44. The molecule has 0 saturated carbocycles. The fraction of sp³-hybridized carbons (Fsp3) is 0.400. The summed E-state index contributed by atoms with van der Waals surface area (Å²) in [6.07, 6.45) is -2.33. The normalized spacial score (nSPS) is 13.1. The number of benzene rings is 1. The molecule has 1 aromatic carbocycles. The average Bonchev–Trinajstić information content (AvgIpc) is 2.16. The number of rotatable bonds is 4. The third kappa shape index (κ3) is 2.67. The number of hydrogen-bond acceptors (Lipinski definition) is 2. The van der Waals surface area contributed by atoms with Gasteiger partial charge in [-0.15, -0.1) is 0 Å². The second-order valence-electron chi connectivity index (χ2n) is 3.16. The van der Waals surface area contributed by atoms with E-state index < -0.39 is 12.3 Å². The molecule has 0 amide bonds. The van der Waals surface area contributed by atoms with Crippen molar-refractivity contribution >= 4 is 0 Å². The van der Waals surface area contributed by atoms with Gasteiger partial charge in [0, 0.05) is 12.5 Å². The van der Waals surface area contributed by atoms with Gasteiger partial charge >= 0.3 is 0 Å². The fourth-order valence-corrected chi connectivity index (χ4v) is 1.24. The molecule has 14 heavy (non-hydrogen) atoms. The molecular formula is C10H13F2NO. The van der Waals surface area contributed by atoms with E-state index in [1.54, 1.807) is 18.2 Å². The summed E-state index contributed by atoms with van der Waals surface area (Å²) >= 11 is 0. The van der Waals surface area contributed by atoms with E-state index in [0.717, 1.165) is 0 Å². The molecule has 0 radical (unpaired) electrons. The molecule has 1 aromatic rings. The minimum absolute atomic E-state index is 0.0478. The van der Waals surface area contributed by atoms with E-state index >= 15 is 0 Å². The lowest BCUT2D eigenvalue weighted by molar-refractivity contribution is 0.0811. The maximum atomic E-state index is 12.4. The van der Waals surface area contributed by atoms with Crippen LogP contribution in [0.15, 0.2) is 24.3 Å². The summed E-state index contributed by atoms with van der Waals surface area (Å²) in [7, 11) is 0. The van der Waals surface area contributed by atoms with E-state index in [4.69, 9.17) is 5.73 Å². The quantitative estimate of drug-likeness (QED) is 0.779. The Morgan fingerprint density at radius 1 is 1.29 bits per heavy atom. The number of alkyl halides is 2. The van der Waals surface area contributed by atoms with Crippen LogP contribution >= 0.6 is 0 Å². The van der Waals surface area contributed by atoms with Crippen LogP contribution in [0.3, 0.4) is 0 Å². The van der Waals surface area contributed by atoms with E-state index in [2.05, 4.69) is 0 Å². The van der Waals surface area contributed by atoms with Crippen molar-refractivity contribution in [3.63, 3.8) is 0 Å². The minimum Gasteiger partial charge on any atom is -0.508 e. The number of hydrogen-bond donors (Lipinski definition) is 2. The topological polar surface area (TPSA) is 46.2 Å². The molecule has 0 bridgehead atoms. The van der Waals surface area contributed by atoms with E-state index in [9.17, 15) is 13.9 Å². The fourth-order valence-electron chi connectivity index (χ4n) is 1.24. The Hall–Kier alpha value is -1.16. The van der Waals surface area contributed by atoms with Gasteiger partial charge in [-0.05, 0) is 18.1 Å². The lowest BCUT2D eigenvalue weighted by Crippen LogP contribution is -2.23. The first-order valence-electron chi connectivity index (χ1n) is 4.40. The zero-order chi connectivity index (χ0) is 10.6. The predicted molar refractivity (Wildman–Crippen MR) is 50.4 cm³/mol. The van der Waals surface area contributed by atoms with Crippen molar-refractivity contribution in [2.24, 2.45) is 11.7 Å². The molecule has 78 valence electrons. The smallest absolute Gasteiger partial charge is 0.242 e. The van der Waals surface area contributed by atoms with Crippen LogP contribution in [0, 0.1) is 5.92 Å². The van der Waals surface area contributed by atoms with Crippen LogP contribution in [0.4, 0.5) is 8.78 Å². The van der Waals surface area contributed by atoms with Crippen molar-refractivity contribution < 1.29 is 13.9 Å². The predicted octanol–water partition coefficient (Wildman–Crippen LogP) is 1.77. The molecule has 2 nitrogen and oxygen atoms in total. The summed E-state index contributed by atoms with van der Waals surface area (Å²) < 4.78 is 24.7. The van der Waals surface area contributed by atoms with Crippen LogP contribution in [0.5, 0.6) is 5.75 Å². The van der Waals surface area contributed by atoms with Crippen molar-refractivity contribution in [3.05, 3.63) is 29.8 Å². The number of phenolic OH excluding ortho intramolecular Hbond substituents is 1. The maximum Gasteiger partial charge on any atom is 0.242 e. The van der Waals surface area contributed by atoms with Gasteiger partial charge in [0.25, 0.3) is 0 Å². The van der Waals surface area contributed by atoms with Crippen molar-refractivity contribution in [2.75, 3.05) is 6.54 Å². The van der Waals surface area contributed by atoms with E-state index in [1.165, 1.54) is 6.07 Å². The Morgan fingerprint density at radius 2 is 1.93 bits per heavy atom. The highest BCUT2D eigenvalue weighted by molar-refractivity contribution is 5.32. The third-order valence-corrected chi connectivity index (χ3v) is 2.13. The molecule has 0 spiro atoms. The number of nitrogens with two attached hydrogens (primary N) is 1. The first-order chi connectivity index (χ1) is 6.65. The highest BCUT2D eigenvalue weighted by Gasteiger charge is 2.19. The second kappa shape index (κ2) is 4.91. The highest BCUT2D eigenvalue weighted by Crippen LogP contribution is 2.22. The maximum absolute atomic E-state index is 12.4. The summed E-state index contributed by atoms with van der Waals surface area (Å²) in [6, 6.07) is 6.46. The molecule has 0 saturated heterocycles. The Kier molecular flexibility index (Phi) is 3.83. The van der Waals surface area contributed by atoms with Crippen LogP contribution in [0.2, 0.25) is 0 Å². The summed E-state index contributed by atoms with van der Waals surface area (Å²) in [5.41, 5.74) is 5.73. The number of para-hydroxylation sites is 1. The third-order valence-electron chi connectivity index (χ3n) is 2.13. The highest BCUT2D eigenvalue weighted by atomic mass is 19.3. The standard InChI is InChI=1S/C10H13F2NO/c11-10(12)8(6-13)5-7-3-1-2-4-9(7)14/h1-4,8,10,14H,5-6,13H2. The Labute approximate surface area is 81.4 Å². The summed E-state index contributed by atoms with van der Waals surface area (Å²) in [5, 5.41) is 9.35. The molecule has 0 aliphatic heterocycles. The number of aromatic hydroxyl groups is 1. The summed E-state index contributed by atoms with van der Waals surface area (Å²) in [5.74, 6) is -0.838. The van der Waals surface area contributed by atoms with Crippen LogP contribution in [-0.2, 0) is 6.42 Å². The second-order valence-corrected chi connectivity index (χ2v) is 3.16. The van der Waals surface area contributed by atoms with Crippen LogP contribution in [0.25, 0.3) is 0 Å². The van der Waals surface area contributed by atoms with Gasteiger partial charge in [0.15, 0.2) is 0 Å². The summed E-state index contributed by atoms with van der Waals surface area (Å²) in [4.78, 5) is 0. The van der Waals surface area contributed by atoms with Crippen molar-refractivity contribution in [2.45, 2.75) is 12.8 Å². The van der Waals surface area contributed by atoms with Gasteiger partial charge in [0.1, 0.15) is 5.75 Å². The van der Waals surface area contributed by atoms with Crippen LogP contribution < -0.4 is 5.73 Å². The molecule has 3 N–H and O–H groups in total. The van der Waals surface area contributed by atoms with E-state index in [0.29, 0.717) is 5.56 Å². The largest absolute Gasteiger partial charge is 0.508 e. The molecule has 0 aliphatic rings. The van der Waals surface area contributed by atoms with Crippen molar-refractivity contribution in [3.8, 4) is 5.75 Å². The number of halogens is 2. The zero-order valence-electron chi connectivity index (χ0n) is 7.66. The van der Waals surface area contributed by atoms with Gasteiger partial charge in [-0.2, -0.15) is 0 Å². The Bertz CT molecular complexity index is 291. The number of phenols is 1. The van der Waals surface area contributed by atoms with Gasteiger partial charge < -0.3 is 10.8 Å². The summed E-state index contributed by atoms with van der Waals surface area (Å²) in [6.45, 7) is -0.0774. The first kappa shape index (κ1) is 10.9. The van der Waals surface area contributed by atoms with E-state index in [1.807, 2.05) is 0 Å². The van der Waals surface area contributed by atoms with Gasteiger partial charge in [-0.25, -0.2) is 8.78 Å². The zero-order valence-corrected chi connectivity index (χ0v) is 7.66. The Morgan fingerprint density at radius 3 is 2.43 bits per heavy atom. The molecule has 0 aromatic heterocycles. The van der Waals surface area contributed by atoms with Gasteiger partial charge in [0.2, 0.25) is 6.43 Å². The van der Waals surface area contributed by atoms with Crippen LogP contribution in [0.1, 0.15) is 5.56 Å². The Balaban J connectivity index is 2.72. The molecule has 1 unspecified atom stereocenters. The van der Waals surface area contributed by atoms with Gasteiger partial charge in [0.05, 0.1) is 0 Å². The monoisotopic (exact) mass is 201 g/mol. The average molecular weight is 201 g/mol. The van der Waals surface area contributed by atoms with Crippen molar-refractivity contribution in [1.82, 2.24) is 0 Å². The SMILES string of the molecule is NCC(Cc1ccccc1O)C(F)F. The van der Waals surface area contributed by atoms with Crippen molar-refractivity contribution in [1.29, 1.82) is 0 Å².